The van der Waals surface area contributed by atoms with Gasteiger partial charge in [-0.1, -0.05) is 17.7 Å². The summed E-state index contributed by atoms with van der Waals surface area (Å²) in [5.41, 5.74) is 1.15. The first-order chi connectivity index (χ1) is 9.49. The molecule has 1 atom stereocenters. The van der Waals surface area contributed by atoms with Crippen LogP contribution >= 0.6 is 0 Å². The van der Waals surface area contributed by atoms with Crippen molar-refractivity contribution in [1.29, 1.82) is 0 Å². The summed E-state index contributed by atoms with van der Waals surface area (Å²) in [5, 5.41) is 19.8. The predicted octanol–water partition coefficient (Wildman–Crippen LogP) is 0.716. The molecule has 0 saturated carbocycles. The Hall–Kier alpha value is -2.08. The smallest absolute Gasteiger partial charge is 0.334 e. The standard InChI is InChI=1S/C14H19NO5/c1-10-4-6-11(7-5-10)20-8-2-3-13(17)15-9-12(16)14(18)19/h4-7,12,16H,2-3,8-9H2,1H3,(H,15,17)(H,18,19)/t12-/m0/s1. The Labute approximate surface area is 117 Å². The summed E-state index contributed by atoms with van der Waals surface area (Å²) in [7, 11) is 0. The first kappa shape index (κ1) is 16.0. The minimum atomic E-state index is -1.57. The molecule has 0 heterocycles. The molecular formula is C14H19NO5. The van der Waals surface area contributed by atoms with Crippen LogP contribution in [0.4, 0.5) is 0 Å². The van der Waals surface area contributed by atoms with Gasteiger partial charge in [0.15, 0.2) is 6.10 Å². The second kappa shape index (κ2) is 8.16. The maximum absolute atomic E-state index is 11.4. The minimum absolute atomic E-state index is 0.220. The largest absolute Gasteiger partial charge is 0.494 e. The Balaban J connectivity index is 2.13. The number of aliphatic hydroxyl groups is 1. The summed E-state index contributed by atoms with van der Waals surface area (Å²) < 4.78 is 5.45. The van der Waals surface area contributed by atoms with Crippen LogP contribution in [0.15, 0.2) is 24.3 Å². The van der Waals surface area contributed by atoms with Gasteiger partial charge in [-0.3, -0.25) is 4.79 Å². The Morgan fingerprint density at radius 1 is 1.30 bits per heavy atom. The van der Waals surface area contributed by atoms with Crippen LogP contribution in [0.3, 0.4) is 0 Å². The molecule has 1 aromatic rings. The average molecular weight is 281 g/mol. The molecule has 6 nitrogen and oxygen atoms in total. The van der Waals surface area contributed by atoms with Crippen LogP contribution in [0.1, 0.15) is 18.4 Å². The molecular weight excluding hydrogens is 262 g/mol. The molecule has 1 aromatic carbocycles. The fourth-order valence-electron chi connectivity index (χ4n) is 1.44. The van der Waals surface area contributed by atoms with E-state index in [2.05, 4.69) is 5.32 Å². The summed E-state index contributed by atoms with van der Waals surface area (Å²) in [6, 6.07) is 7.60. The highest BCUT2D eigenvalue weighted by atomic mass is 16.5. The Bertz CT molecular complexity index is 443. The van der Waals surface area contributed by atoms with Gasteiger partial charge in [0.25, 0.3) is 0 Å². The number of carbonyl (C=O) groups is 2. The van der Waals surface area contributed by atoms with Gasteiger partial charge in [0.1, 0.15) is 5.75 Å². The van der Waals surface area contributed by atoms with Crippen molar-refractivity contribution in [3.05, 3.63) is 29.8 Å². The van der Waals surface area contributed by atoms with Crippen molar-refractivity contribution in [3.63, 3.8) is 0 Å². The highest BCUT2D eigenvalue weighted by Gasteiger charge is 2.13. The first-order valence-electron chi connectivity index (χ1n) is 6.36. The second-order valence-corrected chi connectivity index (χ2v) is 4.42. The van der Waals surface area contributed by atoms with Gasteiger partial charge in [0.05, 0.1) is 13.2 Å². The molecule has 0 saturated heterocycles. The highest BCUT2D eigenvalue weighted by molar-refractivity contribution is 5.77. The van der Waals surface area contributed by atoms with Crippen molar-refractivity contribution in [2.24, 2.45) is 0 Å². The Morgan fingerprint density at radius 3 is 2.55 bits per heavy atom. The van der Waals surface area contributed by atoms with Gasteiger partial charge < -0.3 is 20.3 Å². The summed E-state index contributed by atoms with van der Waals surface area (Å²) in [5.74, 6) is -0.914. The van der Waals surface area contributed by atoms with Crippen molar-refractivity contribution < 1.29 is 24.5 Å². The number of nitrogens with one attached hydrogen (secondary N) is 1. The van der Waals surface area contributed by atoms with Gasteiger partial charge >= 0.3 is 5.97 Å². The zero-order valence-corrected chi connectivity index (χ0v) is 11.3. The number of aliphatic hydroxyl groups excluding tert-OH is 1. The Kier molecular flexibility index (Phi) is 6.52. The topological polar surface area (TPSA) is 95.9 Å². The molecule has 0 aliphatic rings. The lowest BCUT2D eigenvalue weighted by atomic mass is 10.2. The molecule has 1 rings (SSSR count). The lowest BCUT2D eigenvalue weighted by Gasteiger charge is -2.08. The van der Waals surface area contributed by atoms with E-state index >= 15 is 0 Å². The molecule has 0 aromatic heterocycles. The highest BCUT2D eigenvalue weighted by Crippen LogP contribution is 2.11. The number of amides is 1. The third-order valence-corrected chi connectivity index (χ3v) is 2.62. The number of rotatable bonds is 8. The van der Waals surface area contributed by atoms with Crippen molar-refractivity contribution in [1.82, 2.24) is 5.32 Å². The SMILES string of the molecule is Cc1ccc(OCCCC(=O)NC[C@H](O)C(=O)O)cc1. The maximum atomic E-state index is 11.4. The zero-order valence-electron chi connectivity index (χ0n) is 11.3. The van der Waals surface area contributed by atoms with Crippen molar-refractivity contribution in [2.45, 2.75) is 25.9 Å². The van der Waals surface area contributed by atoms with Crippen LogP contribution in [-0.2, 0) is 9.59 Å². The number of aliphatic carboxylic acids is 1. The van der Waals surface area contributed by atoms with E-state index < -0.39 is 12.1 Å². The molecule has 0 bridgehead atoms. The van der Waals surface area contributed by atoms with Gasteiger partial charge in [0.2, 0.25) is 5.91 Å². The van der Waals surface area contributed by atoms with E-state index in [-0.39, 0.29) is 18.9 Å². The number of hydrogen-bond donors (Lipinski definition) is 3. The third kappa shape index (κ3) is 6.19. The fraction of sp³-hybridized carbons (Fsp3) is 0.429. The number of hydrogen-bond acceptors (Lipinski definition) is 4. The van der Waals surface area contributed by atoms with Gasteiger partial charge in [-0.25, -0.2) is 4.79 Å². The molecule has 0 fully saturated rings. The summed E-state index contributed by atoms with van der Waals surface area (Å²) in [6.45, 7) is 2.10. The van der Waals surface area contributed by atoms with Crippen LogP contribution < -0.4 is 10.1 Å². The number of carboxylic acid groups (broad SMARTS) is 1. The predicted molar refractivity (Wildman–Crippen MR) is 72.6 cm³/mol. The molecule has 0 unspecified atom stereocenters. The summed E-state index contributed by atoms with van der Waals surface area (Å²) in [6.07, 6.45) is -0.830. The lowest BCUT2D eigenvalue weighted by molar-refractivity contribution is -0.146. The minimum Gasteiger partial charge on any atom is -0.494 e. The van der Waals surface area contributed by atoms with Crippen LogP contribution in [0.25, 0.3) is 0 Å². The molecule has 0 spiro atoms. The summed E-state index contributed by atoms with van der Waals surface area (Å²) in [4.78, 5) is 21.7. The summed E-state index contributed by atoms with van der Waals surface area (Å²) >= 11 is 0. The second-order valence-electron chi connectivity index (χ2n) is 4.42. The maximum Gasteiger partial charge on any atom is 0.334 e. The Morgan fingerprint density at radius 2 is 1.95 bits per heavy atom. The van der Waals surface area contributed by atoms with E-state index in [1.807, 2.05) is 31.2 Å². The van der Waals surface area contributed by atoms with E-state index in [0.29, 0.717) is 13.0 Å². The van der Waals surface area contributed by atoms with E-state index in [4.69, 9.17) is 14.9 Å². The van der Waals surface area contributed by atoms with Gasteiger partial charge in [0, 0.05) is 6.42 Å². The average Bonchev–Trinajstić information content (AvgIpc) is 2.42. The number of carboxylic acids is 1. The number of aryl methyl sites for hydroxylation is 1. The van der Waals surface area contributed by atoms with Crippen molar-refractivity contribution in [2.75, 3.05) is 13.2 Å². The molecule has 0 radical (unpaired) electrons. The van der Waals surface area contributed by atoms with Crippen LogP contribution in [0, 0.1) is 6.92 Å². The first-order valence-corrected chi connectivity index (χ1v) is 6.36. The van der Waals surface area contributed by atoms with E-state index in [1.165, 1.54) is 0 Å². The molecule has 1 amide bonds. The van der Waals surface area contributed by atoms with Crippen LogP contribution in [0.5, 0.6) is 5.75 Å². The number of carbonyl (C=O) groups excluding carboxylic acids is 1. The zero-order chi connectivity index (χ0) is 15.0. The normalized spacial score (nSPS) is 11.7. The molecule has 20 heavy (non-hydrogen) atoms. The van der Waals surface area contributed by atoms with Crippen molar-refractivity contribution >= 4 is 11.9 Å². The molecule has 110 valence electrons. The lowest BCUT2D eigenvalue weighted by Crippen LogP contribution is -2.36. The molecule has 0 aliphatic carbocycles. The van der Waals surface area contributed by atoms with Crippen LogP contribution in [0.2, 0.25) is 0 Å². The van der Waals surface area contributed by atoms with E-state index in [0.717, 1.165) is 11.3 Å². The fourth-order valence-corrected chi connectivity index (χ4v) is 1.44. The van der Waals surface area contributed by atoms with Crippen LogP contribution in [-0.4, -0.2) is 41.3 Å². The third-order valence-electron chi connectivity index (χ3n) is 2.62. The molecule has 6 heteroatoms. The monoisotopic (exact) mass is 281 g/mol. The molecule has 0 aliphatic heterocycles. The van der Waals surface area contributed by atoms with E-state index in [1.54, 1.807) is 0 Å². The van der Waals surface area contributed by atoms with Gasteiger partial charge in [-0.15, -0.1) is 0 Å². The number of benzene rings is 1. The van der Waals surface area contributed by atoms with Gasteiger partial charge in [-0.05, 0) is 25.5 Å². The van der Waals surface area contributed by atoms with Crippen molar-refractivity contribution in [3.8, 4) is 5.75 Å². The van der Waals surface area contributed by atoms with Gasteiger partial charge in [-0.2, -0.15) is 0 Å². The molecule has 3 N–H and O–H groups in total. The quantitative estimate of drug-likeness (QED) is 0.610. The number of ether oxygens (including phenoxy) is 1. The van der Waals surface area contributed by atoms with E-state index in [9.17, 15) is 9.59 Å².